The number of hydrogen-bond donors (Lipinski definition) is 1. The summed E-state index contributed by atoms with van der Waals surface area (Å²) >= 11 is 4.60. The molecule has 0 spiro atoms. The van der Waals surface area contributed by atoms with E-state index in [1.54, 1.807) is 36.4 Å². The first-order valence-corrected chi connectivity index (χ1v) is 9.56. The Morgan fingerprint density at radius 2 is 1.89 bits per heavy atom. The second-order valence-electron chi connectivity index (χ2n) is 5.41. The second-order valence-corrected chi connectivity index (χ2v) is 7.32. The van der Waals surface area contributed by atoms with Crippen molar-refractivity contribution in [3.63, 3.8) is 0 Å². The van der Waals surface area contributed by atoms with Gasteiger partial charge in [0.25, 0.3) is 5.69 Å². The summed E-state index contributed by atoms with van der Waals surface area (Å²) in [5, 5.41) is 22.4. The molecule has 0 fully saturated rings. The van der Waals surface area contributed by atoms with E-state index < -0.39 is 4.92 Å². The maximum absolute atomic E-state index is 12.0. The number of nitrogens with one attached hydrogen (secondary N) is 1. The fourth-order valence-electron chi connectivity index (χ4n) is 2.20. The van der Waals surface area contributed by atoms with Crippen molar-refractivity contribution in [2.75, 3.05) is 11.1 Å². The first-order chi connectivity index (χ1) is 13.0. The fraction of sp³-hybridized carbons (Fsp3) is 0.0556. The van der Waals surface area contributed by atoms with E-state index in [1.165, 1.54) is 23.9 Å². The van der Waals surface area contributed by atoms with Gasteiger partial charge in [-0.25, -0.2) is 0 Å². The van der Waals surface area contributed by atoms with E-state index in [0.29, 0.717) is 16.3 Å². The van der Waals surface area contributed by atoms with Crippen molar-refractivity contribution in [1.29, 1.82) is 0 Å². The zero-order chi connectivity index (χ0) is 19.2. The fourth-order valence-corrected chi connectivity index (χ4v) is 3.08. The Kier molecular flexibility index (Phi) is 6.15. The molecule has 136 valence electrons. The van der Waals surface area contributed by atoms with Crippen LogP contribution >= 0.6 is 27.7 Å². The number of hydrogen-bond acceptors (Lipinski definition) is 6. The Bertz CT molecular complexity index is 965. The average Bonchev–Trinajstić information content (AvgIpc) is 2.69. The third kappa shape index (κ3) is 5.35. The first kappa shape index (κ1) is 19.0. The summed E-state index contributed by atoms with van der Waals surface area (Å²) in [6.07, 6.45) is 0. The third-order valence-corrected chi connectivity index (χ3v) is 4.92. The number of amides is 1. The van der Waals surface area contributed by atoms with Gasteiger partial charge in [0, 0.05) is 27.9 Å². The molecule has 2 aromatic carbocycles. The van der Waals surface area contributed by atoms with E-state index in [2.05, 4.69) is 31.4 Å². The molecular weight excluding hydrogens is 432 g/mol. The molecule has 1 aromatic heterocycles. The number of aromatic nitrogens is 2. The number of benzene rings is 2. The Morgan fingerprint density at radius 1 is 1.11 bits per heavy atom. The predicted molar refractivity (Wildman–Crippen MR) is 108 cm³/mol. The maximum atomic E-state index is 12.0. The number of halogens is 1. The molecule has 0 atom stereocenters. The van der Waals surface area contributed by atoms with E-state index >= 15 is 0 Å². The monoisotopic (exact) mass is 444 g/mol. The van der Waals surface area contributed by atoms with Crippen molar-refractivity contribution in [1.82, 2.24) is 10.2 Å². The summed E-state index contributed by atoms with van der Waals surface area (Å²) in [4.78, 5) is 22.4. The molecule has 27 heavy (non-hydrogen) atoms. The molecule has 0 aliphatic carbocycles. The standard InChI is InChI=1S/C18H13BrN4O3S/c19-13-4-6-14(7-5-13)20-17(24)11-27-18-9-8-16(21-22-18)12-2-1-3-15(10-12)23(25)26/h1-10H,11H2,(H,20,24). The van der Waals surface area contributed by atoms with Gasteiger partial charge < -0.3 is 5.32 Å². The third-order valence-electron chi connectivity index (χ3n) is 3.47. The lowest BCUT2D eigenvalue weighted by atomic mass is 10.1. The highest BCUT2D eigenvalue weighted by molar-refractivity contribution is 9.10. The molecule has 0 unspecified atom stereocenters. The highest BCUT2D eigenvalue weighted by atomic mass is 79.9. The molecule has 0 aliphatic rings. The summed E-state index contributed by atoms with van der Waals surface area (Å²) in [7, 11) is 0. The lowest BCUT2D eigenvalue weighted by Crippen LogP contribution is -2.14. The number of anilines is 1. The van der Waals surface area contributed by atoms with Crippen LogP contribution in [-0.4, -0.2) is 26.8 Å². The molecule has 1 N–H and O–H groups in total. The maximum Gasteiger partial charge on any atom is 0.270 e. The molecule has 1 heterocycles. The molecule has 9 heteroatoms. The summed E-state index contributed by atoms with van der Waals surface area (Å²) in [5.41, 5.74) is 1.86. The van der Waals surface area contributed by atoms with Crippen LogP contribution in [0.15, 0.2) is 70.2 Å². The van der Waals surface area contributed by atoms with Gasteiger partial charge in [0.05, 0.1) is 16.4 Å². The smallest absolute Gasteiger partial charge is 0.270 e. The van der Waals surface area contributed by atoms with Gasteiger partial charge in [-0.15, -0.1) is 10.2 Å². The zero-order valence-corrected chi connectivity index (χ0v) is 16.2. The summed E-state index contributed by atoms with van der Waals surface area (Å²) in [6, 6.07) is 17.0. The van der Waals surface area contributed by atoms with Crippen LogP contribution < -0.4 is 5.32 Å². The highest BCUT2D eigenvalue weighted by Crippen LogP contribution is 2.23. The molecule has 1 amide bonds. The minimum Gasteiger partial charge on any atom is -0.325 e. The number of rotatable bonds is 6. The number of carbonyl (C=O) groups is 1. The number of nitro benzene ring substituents is 1. The molecule has 0 saturated heterocycles. The van der Waals surface area contributed by atoms with Gasteiger partial charge in [0.1, 0.15) is 5.03 Å². The first-order valence-electron chi connectivity index (χ1n) is 7.78. The summed E-state index contributed by atoms with van der Waals surface area (Å²) in [6.45, 7) is 0. The van der Waals surface area contributed by atoms with Gasteiger partial charge in [0.2, 0.25) is 5.91 Å². The van der Waals surface area contributed by atoms with Crippen molar-refractivity contribution >= 4 is 45.0 Å². The van der Waals surface area contributed by atoms with Gasteiger partial charge in [-0.05, 0) is 36.4 Å². The zero-order valence-electron chi connectivity index (χ0n) is 13.8. The highest BCUT2D eigenvalue weighted by Gasteiger charge is 2.09. The topological polar surface area (TPSA) is 98.0 Å². The molecule has 0 radical (unpaired) electrons. The number of thioether (sulfide) groups is 1. The summed E-state index contributed by atoms with van der Waals surface area (Å²) in [5.74, 6) is 0.0489. The van der Waals surface area contributed by atoms with Crippen LogP contribution in [0.3, 0.4) is 0 Å². The van der Waals surface area contributed by atoms with Gasteiger partial charge in [-0.1, -0.05) is 39.8 Å². The SMILES string of the molecule is O=C(CSc1ccc(-c2cccc([N+](=O)[O-])c2)nn1)Nc1ccc(Br)cc1. The van der Waals surface area contributed by atoms with Crippen LogP contribution in [0.2, 0.25) is 0 Å². The average molecular weight is 445 g/mol. The molecule has 3 aromatic rings. The van der Waals surface area contributed by atoms with Gasteiger partial charge in [-0.2, -0.15) is 0 Å². The lowest BCUT2D eigenvalue weighted by Gasteiger charge is -2.05. The lowest BCUT2D eigenvalue weighted by molar-refractivity contribution is -0.384. The van der Waals surface area contributed by atoms with Crippen molar-refractivity contribution in [3.05, 3.63) is 75.3 Å². The van der Waals surface area contributed by atoms with Crippen LogP contribution in [0.5, 0.6) is 0 Å². The largest absolute Gasteiger partial charge is 0.325 e. The molecular formula is C18H13BrN4O3S. The number of carbonyl (C=O) groups excluding carboxylic acids is 1. The Morgan fingerprint density at radius 3 is 2.56 bits per heavy atom. The van der Waals surface area contributed by atoms with E-state index in [9.17, 15) is 14.9 Å². The van der Waals surface area contributed by atoms with Crippen LogP contribution in [0, 0.1) is 10.1 Å². The number of nitro groups is 1. The minimum absolute atomic E-state index is 0.00244. The van der Waals surface area contributed by atoms with E-state index in [0.717, 1.165) is 10.2 Å². The molecule has 0 aliphatic heterocycles. The minimum atomic E-state index is -0.453. The summed E-state index contributed by atoms with van der Waals surface area (Å²) < 4.78 is 0.939. The van der Waals surface area contributed by atoms with Gasteiger partial charge in [0.15, 0.2) is 0 Å². The Hall–Kier alpha value is -2.78. The number of nitrogens with zero attached hydrogens (tertiary/aromatic N) is 3. The quantitative estimate of drug-likeness (QED) is 0.340. The number of non-ortho nitro benzene ring substituents is 1. The molecule has 0 saturated carbocycles. The van der Waals surface area contributed by atoms with Crippen LogP contribution in [0.25, 0.3) is 11.3 Å². The molecule has 0 bridgehead atoms. The van der Waals surface area contributed by atoms with Crippen molar-refractivity contribution in [2.45, 2.75) is 5.03 Å². The van der Waals surface area contributed by atoms with Crippen molar-refractivity contribution < 1.29 is 9.72 Å². The van der Waals surface area contributed by atoms with Crippen LogP contribution in [0.1, 0.15) is 0 Å². The van der Waals surface area contributed by atoms with Crippen molar-refractivity contribution in [3.8, 4) is 11.3 Å². The van der Waals surface area contributed by atoms with Crippen LogP contribution in [0.4, 0.5) is 11.4 Å². The van der Waals surface area contributed by atoms with Crippen molar-refractivity contribution in [2.24, 2.45) is 0 Å². The van der Waals surface area contributed by atoms with E-state index in [-0.39, 0.29) is 17.3 Å². The second kappa shape index (κ2) is 8.74. The van der Waals surface area contributed by atoms with E-state index in [4.69, 9.17) is 0 Å². The Balaban J connectivity index is 1.59. The predicted octanol–water partition coefficient (Wildman–Crippen LogP) is 4.55. The van der Waals surface area contributed by atoms with Gasteiger partial charge >= 0.3 is 0 Å². The Labute approximate surface area is 167 Å². The molecule has 7 nitrogen and oxygen atoms in total. The normalized spacial score (nSPS) is 10.4. The molecule has 3 rings (SSSR count). The van der Waals surface area contributed by atoms with E-state index in [1.807, 2.05) is 12.1 Å². The van der Waals surface area contributed by atoms with Crippen LogP contribution in [-0.2, 0) is 4.79 Å². The van der Waals surface area contributed by atoms with Gasteiger partial charge in [-0.3, -0.25) is 14.9 Å².